The van der Waals surface area contributed by atoms with Crippen LogP contribution < -0.4 is 5.69 Å². The zero-order valence-electron chi connectivity index (χ0n) is 12.3. The maximum absolute atomic E-state index is 11.9. The average molecular weight is 314 g/mol. The first-order valence-corrected chi connectivity index (χ1v) is 8.72. The standard InChI is InChI=1S/C12H19N4O4P/c1-15(2)8-13-11-4-5-16(12(17)14-11)6-10-7-20-21(3,18)9-19-10/h4-5,8,10H,6-7,9H2,1-3H3/b13-8-/t10-,21?/m0/s1. The molecule has 1 aliphatic heterocycles. The van der Waals surface area contributed by atoms with E-state index in [0.29, 0.717) is 12.4 Å². The molecule has 21 heavy (non-hydrogen) atoms. The minimum atomic E-state index is -2.62. The lowest BCUT2D eigenvalue weighted by Crippen LogP contribution is -2.34. The van der Waals surface area contributed by atoms with Crippen molar-refractivity contribution in [3.63, 3.8) is 0 Å². The van der Waals surface area contributed by atoms with Crippen LogP contribution in [0.2, 0.25) is 0 Å². The van der Waals surface area contributed by atoms with Gasteiger partial charge in [-0.3, -0.25) is 9.13 Å². The topological polar surface area (TPSA) is 86.0 Å². The number of ether oxygens (including phenoxy) is 1. The van der Waals surface area contributed by atoms with E-state index in [0.717, 1.165) is 0 Å². The normalized spacial score (nSPS) is 26.1. The maximum atomic E-state index is 11.9. The van der Waals surface area contributed by atoms with Crippen LogP contribution >= 0.6 is 7.37 Å². The van der Waals surface area contributed by atoms with E-state index < -0.39 is 13.1 Å². The molecule has 0 spiro atoms. The molecule has 2 atom stereocenters. The van der Waals surface area contributed by atoms with E-state index >= 15 is 0 Å². The van der Waals surface area contributed by atoms with Gasteiger partial charge in [-0.25, -0.2) is 9.79 Å². The molecule has 0 bridgehead atoms. The second kappa shape index (κ2) is 6.51. The van der Waals surface area contributed by atoms with Crippen molar-refractivity contribution in [2.75, 3.05) is 33.7 Å². The Kier molecular flexibility index (Phi) is 4.92. The molecule has 0 aliphatic carbocycles. The molecule has 9 heteroatoms. The van der Waals surface area contributed by atoms with E-state index in [2.05, 4.69) is 9.98 Å². The van der Waals surface area contributed by atoms with Crippen LogP contribution in [-0.4, -0.2) is 60.6 Å². The molecule has 1 aromatic rings. The van der Waals surface area contributed by atoms with Crippen LogP contribution in [0.4, 0.5) is 5.82 Å². The third kappa shape index (κ3) is 4.77. The second-order valence-electron chi connectivity index (χ2n) is 5.16. The number of hydrogen-bond acceptors (Lipinski definition) is 6. The highest BCUT2D eigenvalue weighted by Crippen LogP contribution is 2.45. The maximum Gasteiger partial charge on any atom is 0.349 e. The molecule has 0 saturated carbocycles. The van der Waals surface area contributed by atoms with Gasteiger partial charge in [0.05, 0.1) is 19.5 Å². The van der Waals surface area contributed by atoms with Crippen molar-refractivity contribution in [1.82, 2.24) is 14.5 Å². The highest BCUT2D eigenvalue weighted by atomic mass is 31.2. The van der Waals surface area contributed by atoms with E-state index in [9.17, 15) is 9.36 Å². The van der Waals surface area contributed by atoms with Gasteiger partial charge in [0.15, 0.2) is 5.82 Å². The first kappa shape index (κ1) is 15.9. The molecule has 8 nitrogen and oxygen atoms in total. The van der Waals surface area contributed by atoms with Crippen LogP contribution in [0.15, 0.2) is 22.1 Å². The summed E-state index contributed by atoms with van der Waals surface area (Å²) in [6, 6.07) is 1.65. The number of hydrogen-bond donors (Lipinski definition) is 0. The molecule has 1 aliphatic rings. The monoisotopic (exact) mass is 314 g/mol. The lowest BCUT2D eigenvalue weighted by atomic mass is 10.3. The van der Waals surface area contributed by atoms with Crippen LogP contribution in [0.25, 0.3) is 0 Å². The molecule has 116 valence electrons. The molecule has 2 rings (SSSR count). The summed E-state index contributed by atoms with van der Waals surface area (Å²) < 4.78 is 23.7. The molecule has 0 aromatic carbocycles. The van der Waals surface area contributed by atoms with Crippen molar-refractivity contribution >= 4 is 19.5 Å². The third-order valence-electron chi connectivity index (χ3n) is 2.76. The van der Waals surface area contributed by atoms with Crippen molar-refractivity contribution in [2.45, 2.75) is 12.6 Å². The van der Waals surface area contributed by atoms with E-state index in [-0.39, 0.29) is 19.1 Å². The molecule has 0 N–H and O–H groups in total. The van der Waals surface area contributed by atoms with Gasteiger partial charge in [-0.05, 0) is 6.07 Å². The number of aliphatic imine (C=N–C) groups is 1. The Morgan fingerprint density at radius 2 is 2.38 bits per heavy atom. The Balaban J connectivity index is 2.02. The summed E-state index contributed by atoms with van der Waals surface area (Å²) in [4.78, 5) is 21.6. The Bertz CT molecular complexity index is 616. The first-order chi connectivity index (χ1) is 9.85. The van der Waals surface area contributed by atoms with Gasteiger partial charge < -0.3 is 14.2 Å². The fourth-order valence-corrected chi connectivity index (χ4v) is 2.73. The van der Waals surface area contributed by atoms with Crippen molar-refractivity contribution in [2.24, 2.45) is 4.99 Å². The molecule has 1 fully saturated rings. The largest absolute Gasteiger partial charge is 0.369 e. The molecular formula is C12H19N4O4P. The lowest BCUT2D eigenvalue weighted by Gasteiger charge is -2.27. The highest BCUT2D eigenvalue weighted by Gasteiger charge is 2.27. The summed E-state index contributed by atoms with van der Waals surface area (Å²) in [6.45, 7) is 2.05. The summed E-state index contributed by atoms with van der Waals surface area (Å²) in [5.74, 6) is 0.351. The predicted molar refractivity (Wildman–Crippen MR) is 79.6 cm³/mol. The van der Waals surface area contributed by atoms with Crippen LogP contribution in [0, 0.1) is 0 Å². The van der Waals surface area contributed by atoms with Gasteiger partial charge in [0.25, 0.3) is 0 Å². The van der Waals surface area contributed by atoms with E-state index in [1.165, 1.54) is 11.2 Å². The van der Waals surface area contributed by atoms with Crippen molar-refractivity contribution in [3.05, 3.63) is 22.7 Å². The fourth-order valence-electron chi connectivity index (χ4n) is 1.70. The quantitative estimate of drug-likeness (QED) is 0.463. The van der Waals surface area contributed by atoms with Gasteiger partial charge >= 0.3 is 5.69 Å². The summed E-state index contributed by atoms with van der Waals surface area (Å²) in [6.07, 6.45) is 2.96. The predicted octanol–water partition coefficient (Wildman–Crippen LogP) is 0.745. The first-order valence-electron chi connectivity index (χ1n) is 6.46. The minimum Gasteiger partial charge on any atom is -0.369 e. The number of rotatable bonds is 4. The molecule has 2 heterocycles. The molecule has 0 amide bonds. The van der Waals surface area contributed by atoms with Crippen LogP contribution in [0.5, 0.6) is 0 Å². The smallest absolute Gasteiger partial charge is 0.349 e. The van der Waals surface area contributed by atoms with E-state index in [1.807, 2.05) is 14.1 Å². The molecule has 1 aromatic heterocycles. The van der Waals surface area contributed by atoms with Gasteiger partial charge in [0.2, 0.25) is 7.37 Å². The lowest BCUT2D eigenvalue weighted by molar-refractivity contribution is 0.00381. The van der Waals surface area contributed by atoms with Gasteiger partial charge in [0.1, 0.15) is 12.5 Å². The fraction of sp³-hybridized carbons (Fsp3) is 0.583. The highest BCUT2D eigenvalue weighted by molar-refractivity contribution is 7.58. The minimum absolute atomic E-state index is 0.0745. The molecule has 1 unspecified atom stereocenters. The van der Waals surface area contributed by atoms with Gasteiger partial charge in [-0.1, -0.05) is 0 Å². The Morgan fingerprint density at radius 1 is 1.62 bits per heavy atom. The molecule has 0 radical (unpaired) electrons. The van der Waals surface area contributed by atoms with Gasteiger partial charge in [-0.2, -0.15) is 4.98 Å². The third-order valence-corrected chi connectivity index (χ3v) is 4.07. The van der Waals surface area contributed by atoms with Crippen LogP contribution in [0.1, 0.15) is 0 Å². The van der Waals surface area contributed by atoms with E-state index in [4.69, 9.17) is 9.26 Å². The SMILES string of the molecule is CN(C)/C=N\c1ccn(C[C@H]2COP(C)(=O)CO2)c(=O)n1. The van der Waals surface area contributed by atoms with Gasteiger partial charge in [-0.15, -0.1) is 0 Å². The summed E-state index contributed by atoms with van der Waals surface area (Å²) in [5.41, 5.74) is -0.405. The molecule has 1 saturated heterocycles. The Morgan fingerprint density at radius 3 is 2.95 bits per heavy atom. The van der Waals surface area contributed by atoms with E-state index in [1.54, 1.807) is 23.5 Å². The Labute approximate surface area is 122 Å². The Hall–Kier alpha value is -1.50. The van der Waals surface area contributed by atoms with Crippen molar-refractivity contribution in [1.29, 1.82) is 0 Å². The van der Waals surface area contributed by atoms with Gasteiger partial charge in [0, 0.05) is 27.0 Å². The van der Waals surface area contributed by atoms with Crippen LogP contribution in [0.3, 0.4) is 0 Å². The zero-order valence-corrected chi connectivity index (χ0v) is 13.2. The molecular weight excluding hydrogens is 295 g/mol. The number of aromatic nitrogens is 2. The van der Waals surface area contributed by atoms with Crippen LogP contribution in [-0.2, 0) is 20.4 Å². The number of nitrogens with zero attached hydrogens (tertiary/aromatic N) is 4. The second-order valence-corrected chi connectivity index (χ2v) is 7.70. The summed E-state index contributed by atoms with van der Waals surface area (Å²) >= 11 is 0. The summed E-state index contributed by atoms with van der Waals surface area (Å²) in [5, 5.41) is 0. The van der Waals surface area contributed by atoms with Crippen molar-refractivity contribution in [3.8, 4) is 0 Å². The van der Waals surface area contributed by atoms with Crippen molar-refractivity contribution < 1.29 is 13.8 Å². The summed E-state index contributed by atoms with van der Waals surface area (Å²) in [7, 11) is 1.05. The average Bonchev–Trinajstić information content (AvgIpc) is 2.41. The zero-order chi connectivity index (χ0) is 15.5.